The summed E-state index contributed by atoms with van der Waals surface area (Å²) in [6, 6.07) is 1.93. The quantitative estimate of drug-likeness (QED) is 0.684. The largest absolute Gasteiger partial charge is 0.355 e. The highest BCUT2D eigenvalue weighted by atomic mass is 32.2. The molecule has 0 spiro atoms. The van der Waals surface area contributed by atoms with Gasteiger partial charge in [0.15, 0.2) is 5.16 Å². The number of aryl methyl sites for hydroxylation is 1. The first-order valence-corrected chi connectivity index (χ1v) is 9.65. The fraction of sp³-hybridized carbons (Fsp3) is 0.444. The lowest BCUT2D eigenvalue weighted by Gasteiger charge is -2.08. The van der Waals surface area contributed by atoms with Crippen molar-refractivity contribution < 1.29 is 0 Å². The summed E-state index contributed by atoms with van der Waals surface area (Å²) in [5.74, 6) is 0.859. The van der Waals surface area contributed by atoms with Gasteiger partial charge in [-0.2, -0.15) is 0 Å². The lowest BCUT2D eigenvalue weighted by atomic mass is 10.2. The van der Waals surface area contributed by atoms with Crippen LogP contribution in [0.4, 0.5) is 5.95 Å². The lowest BCUT2D eigenvalue weighted by Crippen LogP contribution is -2.09. The maximum atomic E-state index is 4.59. The molecule has 0 radical (unpaired) electrons. The number of hydrogen-bond acceptors (Lipinski definition) is 6. The van der Waals surface area contributed by atoms with Crippen LogP contribution in [0.3, 0.4) is 0 Å². The Morgan fingerprint density at radius 1 is 1.20 bits per heavy atom. The molecule has 1 fully saturated rings. The smallest absolute Gasteiger partial charge is 0.203 e. The minimum Gasteiger partial charge on any atom is -0.355 e. The summed E-state index contributed by atoms with van der Waals surface area (Å²) < 4.78 is 2.03. The lowest BCUT2D eigenvalue weighted by molar-refractivity contribution is 0.864. The van der Waals surface area contributed by atoms with E-state index in [4.69, 9.17) is 0 Å². The molecule has 0 atom stereocenters. The number of imidazole rings is 1. The molecule has 130 valence electrons. The van der Waals surface area contributed by atoms with Gasteiger partial charge in [0.05, 0.1) is 17.2 Å². The number of thioether (sulfide) groups is 1. The summed E-state index contributed by atoms with van der Waals surface area (Å²) in [5.41, 5.74) is 3.13. The van der Waals surface area contributed by atoms with Gasteiger partial charge in [-0.3, -0.25) is 4.98 Å². The zero-order chi connectivity index (χ0) is 17.1. The molecule has 0 bridgehead atoms. The number of pyridine rings is 1. The van der Waals surface area contributed by atoms with E-state index in [1.165, 1.54) is 25.7 Å². The van der Waals surface area contributed by atoms with Crippen LogP contribution in [0.5, 0.6) is 0 Å². The Morgan fingerprint density at radius 3 is 2.76 bits per heavy atom. The molecule has 25 heavy (non-hydrogen) atoms. The topological polar surface area (TPSA) is 68.5 Å². The van der Waals surface area contributed by atoms with E-state index in [-0.39, 0.29) is 0 Å². The fourth-order valence-electron chi connectivity index (χ4n) is 3.20. The van der Waals surface area contributed by atoms with E-state index in [2.05, 4.69) is 25.3 Å². The van der Waals surface area contributed by atoms with Gasteiger partial charge in [0.25, 0.3) is 0 Å². The van der Waals surface area contributed by atoms with Crippen molar-refractivity contribution in [3.63, 3.8) is 0 Å². The summed E-state index contributed by atoms with van der Waals surface area (Å²) in [7, 11) is 2.00. The first-order valence-electron chi connectivity index (χ1n) is 8.77. The van der Waals surface area contributed by atoms with Gasteiger partial charge >= 0.3 is 0 Å². The van der Waals surface area contributed by atoms with Crippen LogP contribution in [0.2, 0.25) is 0 Å². The molecule has 1 aliphatic carbocycles. The van der Waals surface area contributed by atoms with Crippen LogP contribution in [0.1, 0.15) is 31.2 Å². The molecule has 4 rings (SSSR count). The Kier molecular flexibility index (Phi) is 4.83. The molecule has 0 aromatic carbocycles. The second-order valence-corrected chi connectivity index (χ2v) is 7.70. The van der Waals surface area contributed by atoms with Crippen molar-refractivity contribution >= 4 is 28.7 Å². The Morgan fingerprint density at radius 2 is 2.00 bits per heavy atom. The van der Waals surface area contributed by atoms with Crippen LogP contribution >= 0.6 is 11.8 Å². The third-order valence-corrected chi connectivity index (χ3v) is 5.86. The first kappa shape index (κ1) is 16.3. The van der Waals surface area contributed by atoms with Crippen molar-refractivity contribution in [2.24, 2.45) is 7.05 Å². The van der Waals surface area contributed by atoms with Crippen LogP contribution in [0.15, 0.2) is 36.0 Å². The van der Waals surface area contributed by atoms with Gasteiger partial charge in [-0.25, -0.2) is 15.0 Å². The highest BCUT2D eigenvalue weighted by molar-refractivity contribution is 7.99. The minimum absolute atomic E-state index is 0.708. The van der Waals surface area contributed by atoms with Crippen molar-refractivity contribution in [2.45, 2.75) is 42.5 Å². The normalized spacial score (nSPS) is 15.1. The molecule has 6 nitrogen and oxygen atoms in total. The van der Waals surface area contributed by atoms with Crippen molar-refractivity contribution in [1.82, 2.24) is 24.5 Å². The number of nitrogens with zero attached hydrogens (tertiary/aromatic N) is 5. The van der Waals surface area contributed by atoms with E-state index in [9.17, 15) is 0 Å². The van der Waals surface area contributed by atoms with E-state index in [1.54, 1.807) is 6.20 Å². The van der Waals surface area contributed by atoms with Crippen LogP contribution < -0.4 is 5.32 Å². The molecule has 0 saturated heterocycles. The minimum atomic E-state index is 0.708. The maximum Gasteiger partial charge on any atom is 0.203 e. The molecule has 3 aromatic rings. The Bertz CT molecular complexity index is 838. The Labute approximate surface area is 151 Å². The molecule has 1 saturated carbocycles. The number of rotatable bonds is 6. The van der Waals surface area contributed by atoms with E-state index in [0.29, 0.717) is 5.25 Å². The van der Waals surface area contributed by atoms with Crippen LogP contribution in [0, 0.1) is 0 Å². The average Bonchev–Trinajstić information content (AvgIpc) is 3.25. The van der Waals surface area contributed by atoms with Gasteiger partial charge in [-0.15, -0.1) is 0 Å². The average molecular weight is 354 g/mol. The molecule has 7 heteroatoms. The first-order chi connectivity index (χ1) is 12.3. The molecule has 1 N–H and O–H groups in total. The number of hydrogen-bond donors (Lipinski definition) is 1. The van der Waals surface area contributed by atoms with Gasteiger partial charge in [0.1, 0.15) is 0 Å². The maximum absolute atomic E-state index is 4.59. The van der Waals surface area contributed by atoms with Crippen LogP contribution in [0.25, 0.3) is 11.0 Å². The third-order valence-electron chi connectivity index (χ3n) is 4.64. The summed E-state index contributed by atoms with van der Waals surface area (Å²) in [4.78, 5) is 17.8. The van der Waals surface area contributed by atoms with Gasteiger partial charge in [-0.1, -0.05) is 24.6 Å². The molecule has 1 aliphatic rings. The second-order valence-electron chi connectivity index (χ2n) is 6.43. The van der Waals surface area contributed by atoms with Crippen LogP contribution in [-0.2, 0) is 13.5 Å². The number of fused-ring (bicyclic) bond motifs is 1. The summed E-state index contributed by atoms with van der Waals surface area (Å²) in [5, 5.41) is 5.00. The molecular formula is C18H22N6S. The SMILES string of the molecule is Cn1c(NCCc2cnc(SC3CCCC3)nc2)nc2ccncc21. The summed E-state index contributed by atoms with van der Waals surface area (Å²) >= 11 is 1.83. The zero-order valence-corrected chi connectivity index (χ0v) is 15.2. The molecular weight excluding hydrogens is 332 g/mol. The number of aromatic nitrogens is 5. The number of anilines is 1. The van der Waals surface area contributed by atoms with Gasteiger partial charge in [0.2, 0.25) is 5.95 Å². The van der Waals surface area contributed by atoms with Gasteiger partial charge in [0, 0.05) is 37.4 Å². The highest BCUT2D eigenvalue weighted by Gasteiger charge is 2.17. The van der Waals surface area contributed by atoms with Crippen molar-refractivity contribution in [2.75, 3.05) is 11.9 Å². The fourth-order valence-corrected chi connectivity index (χ4v) is 4.29. The van der Waals surface area contributed by atoms with E-state index in [0.717, 1.165) is 40.7 Å². The van der Waals surface area contributed by atoms with Crippen molar-refractivity contribution in [1.29, 1.82) is 0 Å². The van der Waals surface area contributed by atoms with Crippen molar-refractivity contribution in [3.05, 3.63) is 36.4 Å². The molecule has 0 unspecified atom stereocenters. The zero-order valence-electron chi connectivity index (χ0n) is 14.4. The second kappa shape index (κ2) is 7.39. The Hall–Kier alpha value is -2.15. The standard InChI is InChI=1S/C18H22N6S/c1-24-16-12-19-8-7-15(16)23-17(24)20-9-6-13-10-21-18(22-11-13)25-14-4-2-3-5-14/h7-8,10-12,14H,2-6,9H2,1H3,(H,20,23). The van der Waals surface area contributed by atoms with E-state index >= 15 is 0 Å². The van der Waals surface area contributed by atoms with Crippen LogP contribution in [-0.4, -0.2) is 36.3 Å². The third kappa shape index (κ3) is 3.76. The van der Waals surface area contributed by atoms with Gasteiger partial charge in [-0.05, 0) is 30.9 Å². The van der Waals surface area contributed by atoms with E-state index in [1.807, 2.05) is 48.0 Å². The molecule has 3 heterocycles. The predicted molar refractivity (Wildman–Crippen MR) is 101 cm³/mol. The summed E-state index contributed by atoms with van der Waals surface area (Å²) in [6.07, 6.45) is 13.7. The molecule has 0 aliphatic heterocycles. The Balaban J connectivity index is 1.32. The number of nitrogens with one attached hydrogen (secondary N) is 1. The van der Waals surface area contributed by atoms with Gasteiger partial charge < -0.3 is 9.88 Å². The highest BCUT2D eigenvalue weighted by Crippen LogP contribution is 2.32. The predicted octanol–water partition coefficient (Wildman–Crippen LogP) is 3.45. The van der Waals surface area contributed by atoms with E-state index < -0.39 is 0 Å². The summed E-state index contributed by atoms with van der Waals surface area (Å²) in [6.45, 7) is 0.795. The van der Waals surface area contributed by atoms with Crippen molar-refractivity contribution in [3.8, 4) is 0 Å². The molecule has 0 amide bonds. The monoisotopic (exact) mass is 354 g/mol. The molecule has 3 aromatic heterocycles.